The van der Waals surface area contributed by atoms with Gasteiger partial charge in [0.15, 0.2) is 0 Å². The van der Waals surface area contributed by atoms with Gasteiger partial charge in [0.25, 0.3) is 5.91 Å². The Morgan fingerprint density at radius 2 is 1.71 bits per heavy atom. The third-order valence-corrected chi connectivity index (χ3v) is 3.90. The monoisotopic (exact) mass is 340 g/mol. The standard InChI is InChI=1S/C13H15F3N2OS.ClH/c14-13(15,16)20-11-3-1-9(2-4-11)12(19)18-7-5-10(17)6-8-18;/h1-4,10H,5-8,17H2;1H. The van der Waals surface area contributed by atoms with Crippen LogP contribution in [-0.4, -0.2) is 35.4 Å². The number of hydrogen-bond acceptors (Lipinski definition) is 3. The van der Waals surface area contributed by atoms with Gasteiger partial charge in [-0.15, -0.1) is 12.4 Å². The summed E-state index contributed by atoms with van der Waals surface area (Å²) in [6.45, 7) is 1.19. The lowest BCUT2D eigenvalue weighted by Crippen LogP contribution is -2.42. The number of hydrogen-bond donors (Lipinski definition) is 1. The zero-order valence-electron chi connectivity index (χ0n) is 11.1. The number of likely N-dealkylation sites (tertiary alicyclic amines) is 1. The van der Waals surface area contributed by atoms with E-state index >= 15 is 0 Å². The molecule has 0 spiro atoms. The van der Waals surface area contributed by atoms with E-state index in [1.165, 1.54) is 24.3 Å². The maximum atomic E-state index is 12.2. The van der Waals surface area contributed by atoms with Gasteiger partial charge in [-0.2, -0.15) is 13.2 Å². The number of rotatable bonds is 2. The summed E-state index contributed by atoms with van der Waals surface area (Å²) in [4.78, 5) is 13.9. The lowest BCUT2D eigenvalue weighted by Gasteiger charge is -2.30. The van der Waals surface area contributed by atoms with Crippen molar-refractivity contribution in [2.24, 2.45) is 5.73 Å². The second-order valence-corrected chi connectivity index (χ2v) is 5.84. The summed E-state index contributed by atoms with van der Waals surface area (Å²) in [6, 6.07) is 5.64. The highest BCUT2D eigenvalue weighted by Gasteiger charge is 2.29. The van der Waals surface area contributed by atoms with Crippen LogP contribution in [0.2, 0.25) is 0 Å². The van der Waals surface area contributed by atoms with E-state index in [4.69, 9.17) is 5.73 Å². The molecule has 21 heavy (non-hydrogen) atoms. The maximum Gasteiger partial charge on any atom is 0.446 e. The average Bonchev–Trinajstić information content (AvgIpc) is 2.38. The van der Waals surface area contributed by atoms with Gasteiger partial charge in [0.05, 0.1) is 0 Å². The van der Waals surface area contributed by atoms with Gasteiger partial charge in [0.2, 0.25) is 0 Å². The van der Waals surface area contributed by atoms with E-state index in [1.807, 2.05) is 0 Å². The van der Waals surface area contributed by atoms with Crippen molar-refractivity contribution >= 4 is 30.1 Å². The molecule has 1 fully saturated rings. The first-order chi connectivity index (χ1) is 9.35. The molecule has 1 aliphatic rings. The molecule has 2 N–H and O–H groups in total. The molecule has 2 rings (SSSR count). The van der Waals surface area contributed by atoms with Crippen LogP contribution in [0.5, 0.6) is 0 Å². The zero-order valence-corrected chi connectivity index (χ0v) is 12.7. The molecule has 1 heterocycles. The molecule has 1 aromatic rings. The summed E-state index contributed by atoms with van der Waals surface area (Å²) >= 11 is -0.184. The average molecular weight is 341 g/mol. The first-order valence-corrected chi connectivity index (χ1v) is 7.07. The second kappa shape index (κ2) is 7.38. The van der Waals surface area contributed by atoms with Crippen molar-refractivity contribution < 1.29 is 18.0 Å². The smallest absolute Gasteiger partial charge is 0.339 e. The molecular weight excluding hydrogens is 325 g/mol. The van der Waals surface area contributed by atoms with Gasteiger partial charge in [-0.25, -0.2) is 0 Å². The molecule has 1 amide bonds. The normalized spacial score (nSPS) is 16.5. The molecule has 0 saturated carbocycles. The van der Waals surface area contributed by atoms with Crippen LogP contribution in [0.15, 0.2) is 29.2 Å². The molecule has 118 valence electrons. The number of carbonyl (C=O) groups excluding carboxylic acids is 1. The number of halogens is 4. The predicted octanol–water partition coefficient (Wildman–Crippen LogP) is 3.28. The second-order valence-electron chi connectivity index (χ2n) is 4.70. The lowest BCUT2D eigenvalue weighted by molar-refractivity contribution is -0.0328. The summed E-state index contributed by atoms with van der Waals surface area (Å²) < 4.78 is 36.6. The highest BCUT2D eigenvalue weighted by molar-refractivity contribution is 8.00. The zero-order chi connectivity index (χ0) is 14.8. The summed E-state index contributed by atoms with van der Waals surface area (Å²) in [6.07, 6.45) is 1.52. The van der Waals surface area contributed by atoms with Crippen LogP contribution in [0.4, 0.5) is 13.2 Å². The number of carbonyl (C=O) groups is 1. The Morgan fingerprint density at radius 1 is 1.19 bits per heavy atom. The van der Waals surface area contributed by atoms with E-state index < -0.39 is 5.51 Å². The first kappa shape index (κ1) is 18.1. The largest absolute Gasteiger partial charge is 0.446 e. The van der Waals surface area contributed by atoms with Crippen LogP contribution >= 0.6 is 24.2 Å². The van der Waals surface area contributed by atoms with E-state index in [1.54, 1.807) is 4.90 Å². The number of thioether (sulfide) groups is 1. The fourth-order valence-corrected chi connectivity index (χ4v) is 2.62. The van der Waals surface area contributed by atoms with Gasteiger partial charge in [-0.3, -0.25) is 4.79 Å². The minimum atomic E-state index is -4.31. The third-order valence-electron chi connectivity index (χ3n) is 3.16. The minimum Gasteiger partial charge on any atom is -0.339 e. The molecule has 1 saturated heterocycles. The van der Waals surface area contributed by atoms with E-state index in [2.05, 4.69) is 0 Å². The topological polar surface area (TPSA) is 46.3 Å². The Labute approximate surface area is 131 Å². The van der Waals surface area contributed by atoms with Crippen LogP contribution in [-0.2, 0) is 0 Å². The number of piperidine rings is 1. The summed E-state index contributed by atoms with van der Waals surface area (Å²) in [5, 5.41) is 0. The third kappa shape index (κ3) is 5.41. The summed E-state index contributed by atoms with van der Waals surface area (Å²) in [7, 11) is 0. The van der Waals surface area contributed by atoms with Gasteiger partial charge in [0.1, 0.15) is 0 Å². The highest BCUT2D eigenvalue weighted by Crippen LogP contribution is 2.36. The molecule has 1 aliphatic heterocycles. The Bertz CT molecular complexity index is 473. The molecule has 0 aliphatic carbocycles. The van der Waals surface area contributed by atoms with Crippen molar-refractivity contribution in [1.29, 1.82) is 0 Å². The molecule has 0 bridgehead atoms. The van der Waals surface area contributed by atoms with Gasteiger partial charge in [-0.1, -0.05) is 0 Å². The predicted molar refractivity (Wildman–Crippen MR) is 78.7 cm³/mol. The van der Waals surface area contributed by atoms with Crippen LogP contribution in [0.1, 0.15) is 23.2 Å². The number of benzene rings is 1. The molecular formula is C13H16ClF3N2OS. The molecule has 3 nitrogen and oxygen atoms in total. The van der Waals surface area contributed by atoms with Crippen molar-refractivity contribution in [3.8, 4) is 0 Å². The Morgan fingerprint density at radius 3 is 2.19 bits per heavy atom. The molecule has 8 heteroatoms. The van der Waals surface area contributed by atoms with E-state index in [-0.39, 0.29) is 41.0 Å². The van der Waals surface area contributed by atoms with E-state index in [0.717, 1.165) is 12.8 Å². The number of nitrogens with zero attached hydrogens (tertiary/aromatic N) is 1. The van der Waals surface area contributed by atoms with Crippen molar-refractivity contribution in [3.63, 3.8) is 0 Å². The van der Waals surface area contributed by atoms with Crippen molar-refractivity contribution in [1.82, 2.24) is 4.90 Å². The number of nitrogens with two attached hydrogens (primary N) is 1. The van der Waals surface area contributed by atoms with Crippen molar-refractivity contribution in [2.75, 3.05) is 13.1 Å². The SMILES string of the molecule is Cl.NC1CCN(C(=O)c2ccc(SC(F)(F)F)cc2)CC1. The highest BCUT2D eigenvalue weighted by atomic mass is 35.5. The quantitative estimate of drug-likeness (QED) is 0.840. The molecule has 0 atom stereocenters. The van der Waals surface area contributed by atoms with E-state index in [9.17, 15) is 18.0 Å². The minimum absolute atomic E-state index is 0. The van der Waals surface area contributed by atoms with Gasteiger partial charge in [-0.05, 0) is 48.9 Å². The molecule has 0 unspecified atom stereocenters. The Balaban J connectivity index is 0.00000220. The van der Waals surface area contributed by atoms with Gasteiger partial charge in [0, 0.05) is 29.6 Å². The van der Waals surface area contributed by atoms with Crippen molar-refractivity contribution in [2.45, 2.75) is 29.3 Å². The van der Waals surface area contributed by atoms with Crippen LogP contribution < -0.4 is 5.73 Å². The fraction of sp³-hybridized carbons (Fsp3) is 0.462. The van der Waals surface area contributed by atoms with Gasteiger partial charge < -0.3 is 10.6 Å². The lowest BCUT2D eigenvalue weighted by atomic mass is 10.1. The summed E-state index contributed by atoms with van der Waals surface area (Å²) in [5.41, 5.74) is 1.87. The van der Waals surface area contributed by atoms with Crippen LogP contribution in [0.25, 0.3) is 0 Å². The van der Waals surface area contributed by atoms with Crippen LogP contribution in [0.3, 0.4) is 0 Å². The molecule has 1 aromatic carbocycles. The molecule has 0 aromatic heterocycles. The van der Waals surface area contributed by atoms with Gasteiger partial charge >= 0.3 is 5.51 Å². The first-order valence-electron chi connectivity index (χ1n) is 6.26. The number of amides is 1. The van der Waals surface area contributed by atoms with E-state index in [0.29, 0.717) is 18.7 Å². The molecule has 0 radical (unpaired) electrons. The van der Waals surface area contributed by atoms with Crippen LogP contribution in [0, 0.1) is 0 Å². The Kier molecular flexibility index (Phi) is 6.37. The summed E-state index contributed by atoms with van der Waals surface area (Å²) in [5.74, 6) is -0.152. The maximum absolute atomic E-state index is 12.2. The number of alkyl halides is 3. The Hall–Kier alpha value is -0.920. The van der Waals surface area contributed by atoms with Crippen molar-refractivity contribution in [3.05, 3.63) is 29.8 Å². The fourth-order valence-electron chi connectivity index (χ4n) is 2.08.